The number of H-pyrrole nitrogens is 1. The molecule has 0 aliphatic heterocycles. The number of hydrogen-bond acceptors (Lipinski definition) is 5. The second-order valence-corrected chi connectivity index (χ2v) is 10.4. The lowest BCUT2D eigenvalue weighted by Gasteiger charge is -2.28. The molecule has 0 amide bonds. The molecule has 1 aliphatic rings. The summed E-state index contributed by atoms with van der Waals surface area (Å²) in [6, 6.07) is 21.0. The van der Waals surface area contributed by atoms with Crippen LogP contribution in [0.4, 0.5) is 0 Å². The van der Waals surface area contributed by atoms with Crippen molar-refractivity contribution in [2.75, 3.05) is 0 Å². The van der Waals surface area contributed by atoms with Crippen LogP contribution >= 0.6 is 11.5 Å². The van der Waals surface area contributed by atoms with Gasteiger partial charge in [0.1, 0.15) is 5.82 Å². The highest BCUT2D eigenvalue weighted by atomic mass is 32.1. The smallest absolute Gasteiger partial charge is 0.303 e. The van der Waals surface area contributed by atoms with Crippen molar-refractivity contribution in [1.82, 2.24) is 19.3 Å². The van der Waals surface area contributed by atoms with Crippen LogP contribution in [-0.2, 0) is 4.79 Å². The van der Waals surface area contributed by atoms with E-state index in [9.17, 15) is 4.79 Å². The number of nitrogens with zero attached hydrogens (tertiary/aromatic N) is 3. The first kappa shape index (κ1) is 22.6. The van der Waals surface area contributed by atoms with Crippen molar-refractivity contribution in [2.24, 2.45) is 5.92 Å². The van der Waals surface area contributed by atoms with E-state index in [0.29, 0.717) is 18.3 Å². The van der Waals surface area contributed by atoms with Crippen LogP contribution in [0.5, 0.6) is 0 Å². The molecule has 0 spiro atoms. The van der Waals surface area contributed by atoms with Gasteiger partial charge in [-0.1, -0.05) is 30.3 Å². The summed E-state index contributed by atoms with van der Waals surface area (Å²) < 4.78 is 4.19. The highest BCUT2D eigenvalue weighted by Gasteiger charge is 2.24. The lowest BCUT2D eigenvalue weighted by Crippen LogP contribution is -2.16. The average molecular weight is 495 g/mol. The Hall–Kier alpha value is -3.84. The first-order valence-electron chi connectivity index (χ1n) is 12.3. The Morgan fingerprint density at radius 3 is 2.42 bits per heavy atom. The van der Waals surface area contributed by atoms with Gasteiger partial charge in [-0.05, 0) is 90.5 Å². The maximum absolute atomic E-state index is 11.0. The first-order valence-corrected chi connectivity index (χ1v) is 13.1. The van der Waals surface area contributed by atoms with Crippen molar-refractivity contribution in [3.8, 4) is 33.1 Å². The monoisotopic (exact) mass is 494 g/mol. The Morgan fingerprint density at radius 1 is 0.944 bits per heavy atom. The number of benzene rings is 2. The van der Waals surface area contributed by atoms with Gasteiger partial charge in [0.15, 0.2) is 0 Å². The molecule has 0 unspecified atom stereocenters. The molecule has 6 rings (SSSR count). The van der Waals surface area contributed by atoms with Crippen LogP contribution in [0.3, 0.4) is 0 Å². The summed E-state index contributed by atoms with van der Waals surface area (Å²) in [6.07, 6.45) is 8.11. The molecule has 7 heteroatoms. The van der Waals surface area contributed by atoms with Crippen LogP contribution in [0.15, 0.2) is 73.1 Å². The van der Waals surface area contributed by atoms with Gasteiger partial charge in [-0.15, -0.1) is 0 Å². The Morgan fingerprint density at radius 2 is 1.72 bits per heavy atom. The number of nitrogens with one attached hydrogen (secondary N) is 1. The van der Waals surface area contributed by atoms with Crippen molar-refractivity contribution < 1.29 is 9.90 Å². The normalized spacial score (nSPS) is 17.9. The topological polar surface area (TPSA) is 91.8 Å². The summed E-state index contributed by atoms with van der Waals surface area (Å²) in [7, 11) is 0. The number of pyridine rings is 1. The van der Waals surface area contributed by atoms with E-state index in [2.05, 4.69) is 51.8 Å². The van der Waals surface area contributed by atoms with Crippen molar-refractivity contribution in [2.45, 2.75) is 38.0 Å². The molecule has 1 fully saturated rings. The van der Waals surface area contributed by atoms with Crippen molar-refractivity contribution in [1.29, 1.82) is 0 Å². The lowest BCUT2D eigenvalue weighted by molar-refractivity contribution is -0.138. The third-order valence-corrected chi connectivity index (χ3v) is 8.02. The van der Waals surface area contributed by atoms with Crippen molar-refractivity contribution >= 4 is 28.5 Å². The molecule has 3 heterocycles. The molecule has 1 aliphatic carbocycles. The summed E-state index contributed by atoms with van der Waals surface area (Å²) in [5.41, 5.74) is 7.35. The van der Waals surface area contributed by atoms with Gasteiger partial charge in [0, 0.05) is 29.9 Å². The van der Waals surface area contributed by atoms with Crippen LogP contribution in [0, 0.1) is 5.92 Å². The zero-order valence-electron chi connectivity index (χ0n) is 19.7. The van der Waals surface area contributed by atoms with Crippen molar-refractivity contribution in [3.05, 3.63) is 78.6 Å². The number of carbonyl (C=O) groups is 1. The molecule has 2 N–H and O–H groups in total. The molecule has 0 saturated heterocycles. The maximum atomic E-state index is 11.0. The number of aliphatic carboxylic acids is 1. The van der Waals surface area contributed by atoms with Crippen LogP contribution in [0.2, 0.25) is 0 Å². The first-order chi connectivity index (χ1) is 17.6. The van der Waals surface area contributed by atoms with Gasteiger partial charge < -0.3 is 10.1 Å². The molecule has 0 atom stereocenters. The minimum absolute atomic E-state index is 0.301. The lowest BCUT2D eigenvalue weighted by atomic mass is 9.77. The number of rotatable bonds is 6. The number of hydrogen-bond donors (Lipinski definition) is 2. The van der Waals surface area contributed by atoms with Gasteiger partial charge in [0.25, 0.3) is 0 Å². The highest BCUT2D eigenvalue weighted by Crippen LogP contribution is 2.37. The van der Waals surface area contributed by atoms with E-state index in [1.807, 2.05) is 30.6 Å². The number of fused-ring (bicyclic) bond motifs is 1. The van der Waals surface area contributed by atoms with Crippen LogP contribution in [0.25, 0.3) is 44.1 Å². The Labute approximate surface area is 213 Å². The molecule has 3 aromatic heterocycles. The summed E-state index contributed by atoms with van der Waals surface area (Å²) in [4.78, 5) is 25.0. The minimum atomic E-state index is -0.678. The fourth-order valence-electron chi connectivity index (χ4n) is 5.24. The van der Waals surface area contributed by atoms with E-state index in [4.69, 9.17) is 15.1 Å². The fourth-order valence-corrected chi connectivity index (χ4v) is 5.83. The molecule has 5 aromatic rings. The molecule has 180 valence electrons. The van der Waals surface area contributed by atoms with Gasteiger partial charge in [-0.3, -0.25) is 9.78 Å². The molecule has 0 bridgehead atoms. The zero-order chi connectivity index (χ0) is 24.5. The van der Waals surface area contributed by atoms with E-state index in [-0.39, 0.29) is 0 Å². The standard InChI is InChI=1S/C29H26N4O2S/c34-28(35)15-18-1-3-19(4-2-18)20-5-7-21(8-6-20)24-11-10-23(17-30-24)29-32-25-12-9-22(16-26(25)33-29)27-13-14-31-36-27/h5-14,16-19H,1-4,15H2,(H,32,33)(H,34,35). The molecular weight excluding hydrogens is 468 g/mol. The van der Waals surface area contributed by atoms with E-state index in [1.165, 1.54) is 17.1 Å². The third-order valence-electron chi connectivity index (χ3n) is 7.23. The number of carboxylic acids is 1. The van der Waals surface area contributed by atoms with Crippen LogP contribution < -0.4 is 0 Å². The summed E-state index contributed by atoms with van der Waals surface area (Å²) >= 11 is 1.48. The second kappa shape index (κ2) is 9.66. The van der Waals surface area contributed by atoms with E-state index in [1.54, 1.807) is 0 Å². The Balaban J connectivity index is 1.15. The average Bonchev–Trinajstić information content (AvgIpc) is 3.59. The molecular formula is C29H26N4O2S. The summed E-state index contributed by atoms with van der Waals surface area (Å²) in [6.45, 7) is 0. The molecule has 6 nitrogen and oxygen atoms in total. The molecule has 36 heavy (non-hydrogen) atoms. The maximum Gasteiger partial charge on any atom is 0.303 e. The predicted molar refractivity (Wildman–Crippen MR) is 143 cm³/mol. The third kappa shape index (κ3) is 4.66. The van der Waals surface area contributed by atoms with Crippen molar-refractivity contribution in [3.63, 3.8) is 0 Å². The minimum Gasteiger partial charge on any atom is -0.481 e. The SMILES string of the molecule is O=C(O)CC1CCC(c2ccc(-c3ccc(-c4nc5ccc(-c6ccns6)cc5[nH]4)cn3)cc2)CC1. The predicted octanol–water partition coefficient (Wildman–Crippen LogP) is 7.16. The quantitative estimate of drug-likeness (QED) is 0.261. The van der Waals surface area contributed by atoms with E-state index >= 15 is 0 Å². The van der Waals surface area contributed by atoms with Gasteiger partial charge in [0.05, 0.1) is 21.6 Å². The van der Waals surface area contributed by atoms with E-state index in [0.717, 1.165) is 69.8 Å². The number of aromatic nitrogens is 4. The largest absolute Gasteiger partial charge is 0.481 e. The summed E-state index contributed by atoms with van der Waals surface area (Å²) in [5.74, 6) is 0.971. The number of imidazole rings is 1. The van der Waals surface area contributed by atoms with Gasteiger partial charge in [0.2, 0.25) is 0 Å². The van der Waals surface area contributed by atoms with Crippen LogP contribution in [0.1, 0.15) is 43.6 Å². The molecule has 2 aromatic carbocycles. The fraction of sp³-hybridized carbons (Fsp3) is 0.241. The highest BCUT2D eigenvalue weighted by molar-refractivity contribution is 7.09. The van der Waals surface area contributed by atoms with Gasteiger partial charge in [-0.25, -0.2) is 9.36 Å². The Kier molecular flexibility index (Phi) is 6.07. The van der Waals surface area contributed by atoms with Crippen LogP contribution in [-0.4, -0.2) is 30.4 Å². The number of aromatic amines is 1. The van der Waals surface area contributed by atoms with Gasteiger partial charge in [-0.2, -0.15) is 0 Å². The molecule has 0 radical (unpaired) electrons. The molecule has 1 saturated carbocycles. The van der Waals surface area contributed by atoms with Gasteiger partial charge >= 0.3 is 5.97 Å². The number of carboxylic acid groups (broad SMARTS) is 1. The zero-order valence-corrected chi connectivity index (χ0v) is 20.5. The second-order valence-electron chi connectivity index (χ2n) is 9.56. The Bertz CT molecular complexity index is 1480. The van der Waals surface area contributed by atoms with E-state index < -0.39 is 5.97 Å². The summed E-state index contributed by atoms with van der Waals surface area (Å²) in [5, 5.41) is 9.03.